The van der Waals surface area contributed by atoms with Gasteiger partial charge in [0, 0.05) is 0 Å². The maximum Gasteiger partial charge on any atom is 0.511 e. The number of carbonyl (C=O) groups is 1. The maximum atomic E-state index is 14.0. The lowest BCUT2D eigenvalue weighted by Crippen LogP contribution is -2.68. The molecule has 0 bridgehead atoms. The molecular weight excluding hydrogens is 614 g/mol. The van der Waals surface area contributed by atoms with Crippen LogP contribution in [0.25, 0.3) is 17.2 Å². The fourth-order valence-electron chi connectivity index (χ4n) is 6.04. The summed E-state index contributed by atoms with van der Waals surface area (Å²) in [5.41, 5.74) is 5.57. The number of halogens is 1. The third-order valence-electron chi connectivity index (χ3n) is 8.11. The van der Waals surface area contributed by atoms with Crippen LogP contribution in [0.15, 0.2) is 97.1 Å². The smallest absolute Gasteiger partial charge is 0.481 e. The predicted octanol–water partition coefficient (Wildman–Crippen LogP) is 8.61. The zero-order chi connectivity index (χ0) is 33.5. The van der Waals surface area contributed by atoms with E-state index in [9.17, 15) is 18.9 Å². The monoisotopic (exact) mass is 657 g/mol. The molecule has 240 valence electrons. The summed E-state index contributed by atoms with van der Waals surface area (Å²) in [7, 11) is -5.31. The Bertz CT molecular complexity index is 1660. The second-order valence-corrected chi connectivity index (χ2v) is 18.3. The highest BCUT2D eigenvalue weighted by Crippen LogP contribution is 2.39. The Balaban J connectivity index is 1.56. The van der Waals surface area contributed by atoms with E-state index in [2.05, 4.69) is 32.9 Å². The van der Waals surface area contributed by atoms with Gasteiger partial charge in [-0.15, -0.1) is 4.52 Å². The van der Waals surface area contributed by atoms with Gasteiger partial charge in [-0.3, -0.25) is 4.79 Å². The second kappa shape index (κ2) is 15.2. The van der Waals surface area contributed by atoms with E-state index < -0.39 is 28.4 Å². The molecule has 0 radical (unpaired) electrons. The third-order valence-corrected chi connectivity index (χ3v) is 14.3. The minimum absolute atomic E-state index is 0.0519. The Morgan fingerprint density at radius 3 is 2.07 bits per heavy atom. The van der Waals surface area contributed by atoms with Crippen LogP contribution in [0.2, 0.25) is 5.04 Å². The van der Waals surface area contributed by atoms with E-state index in [-0.39, 0.29) is 30.0 Å². The molecule has 0 aromatic heterocycles. The summed E-state index contributed by atoms with van der Waals surface area (Å²) in [5.74, 6) is -1.27. The van der Waals surface area contributed by atoms with Crippen LogP contribution in [0, 0.1) is 26.6 Å². The lowest BCUT2D eigenvalue weighted by atomic mass is 9.92. The molecule has 0 heterocycles. The summed E-state index contributed by atoms with van der Waals surface area (Å²) < 4.78 is 40.0. The summed E-state index contributed by atoms with van der Waals surface area (Å²) >= 11 is 0. The normalized spacial score (nSPS) is 13.2. The van der Waals surface area contributed by atoms with Crippen molar-refractivity contribution in [3.63, 3.8) is 0 Å². The largest absolute Gasteiger partial charge is 0.511 e. The molecule has 1 N–H and O–H groups in total. The number of benzene rings is 4. The Hall–Kier alpha value is -3.74. The summed E-state index contributed by atoms with van der Waals surface area (Å²) in [6, 6.07) is 29.2. The molecule has 0 spiro atoms. The third kappa shape index (κ3) is 8.34. The van der Waals surface area contributed by atoms with Crippen LogP contribution in [-0.4, -0.2) is 38.3 Å². The van der Waals surface area contributed by atoms with E-state index in [1.54, 1.807) is 19.1 Å². The van der Waals surface area contributed by atoms with Crippen molar-refractivity contribution in [2.45, 2.75) is 59.1 Å². The molecule has 0 fully saturated rings. The van der Waals surface area contributed by atoms with Crippen molar-refractivity contribution in [3.05, 3.63) is 125 Å². The summed E-state index contributed by atoms with van der Waals surface area (Å²) in [6.07, 6.45) is 2.56. The predicted molar refractivity (Wildman–Crippen MR) is 188 cm³/mol. The number of hydrogen-bond acceptors (Lipinski definition) is 4. The summed E-state index contributed by atoms with van der Waals surface area (Å²) in [5, 5.41) is 11.5. The van der Waals surface area contributed by atoms with Crippen LogP contribution in [0.5, 0.6) is 0 Å². The first-order valence-corrected chi connectivity index (χ1v) is 18.7. The molecule has 0 aliphatic heterocycles. The van der Waals surface area contributed by atoms with Crippen molar-refractivity contribution >= 4 is 38.8 Å². The lowest BCUT2D eigenvalue weighted by molar-refractivity contribution is -0.138. The zero-order valence-electron chi connectivity index (χ0n) is 27.4. The van der Waals surface area contributed by atoms with E-state index >= 15 is 0 Å². The molecule has 2 unspecified atom stereocenters. The highest BCUT2D eigenvalue weighted by atomic mass is 31.1. The van der Waals surface area contributed by atoms with Crippen molar-refractivity contribution in [3.8, 4) is 11.1 Å². The number of rotatable bonds is 13. The van der Waals surface area contributed by atoms with Gasteiger partial charge in [-0.25, -0.2) is 4.39 Å². The molecule has 0 aliphatic carbocycles. The summed E-state index contributed by atoms with van der Waals surface area (Å²) in [6.45, 7) is 12.2. The van der Waals surface area contributed by atoms with Gasteiger partial charge in [-0.1, -0.05) is 117 Å². The second-order valence-electron chi connectivity index (χ2n) is 12.7. The highest BCUT2D eigenvalue weighted by Gasteiger charge is 2.52. The fraction of sp³-hybridized carbons (Fsp3) is 0.289. The molecular formula is C38H43FO5PSi+. The minimum Gasteiger partial charge on any atom is -0.481 e. The number of carboxylic acid groups (broad SMARTS) is 1. The van der Waals surface area contributed by atoms with Gasteiger partial charge in [0.2, 0.25) is 6.16 Å². The standard InChI is InChI=1S/C38H42FO5PSi/c1-27-22-28(2)34(35(23-27)30-19-20-36(39)29(3)24-30)18-13-21-43-45(42)26-31(25-37(40)41)44-46(38(4,5)6,32-14-9-7-10-15-32)33-16-11-8-12-17-33/h7-20,22-24,31H,21,25-26H2,1-6H3/p+1. The topological polar surface area (TPSA) is 72.8 Å². The van der Waals surface area contributed by atoms with E-state index in [1.165, 1.54) is 6.07 Å². The SMILES string of the molecule is Cc1cc(C)c(C=CCO[P+](=O)CC(CC(=O)O)O[Si](c2ccccc2)(c2ccccc2)C(C)(C)C)c(-c2ccc(F)c(C)c2)c1. The summed E-state index contributed by atoms with van der Waals surface area (Å²) in [4.78, 5) is 12.0. The Morgan fingerprint density at radius 2 is 1.52 bits per heavy atom. The average molecular weight is 658 g/mol. The fourth-order valence-corrected chi connectivity index (χ4v) is 11.8. The van der Waals surface area contributed by atoms with Crippen LogP contribution >= 0.6 is 8.03 Å². The molecule has 4 rings (SSSR count). The zero-order valence-corrected chi connectivity index (χ0v) is 29.3. The van der Waals surface area contributed by atoms with Gasteiger partial charge in [0.05, 0.1) is 6.42 Å². The van der Waals surface area contributed by atoms with E-state index in [0.29, 0.717) is 5.56 Å². The van der Waals surface area contributed by atoms with Crippen LogP contribution < -0.4 is 10.4 Å². The first kappa shape index (κ1) is 35.1. The van der Waals surface area contributed by atoms with Crippen LogP contribution in [-0.2, 0) is 18.3 Å². The molecule has 2 atom stereocenters. The number of hydrogen-bond donors (Lipinski definition) is 1. The first-order valence-electron chi connectivity index (χ1n) is 15.4. The van der Waals surface area contributed by atoms with Crippen molar-refractivity contribution in [1.82, 2.24) is 0 Å². The van der Waals surface area contributed by atoms with Crippen LogP contribution in [0.4, 0.5) is 4.39 Å². The molecule has 0 saturated carbocycles. The molecule has 0 aliphatic rings. The van der Waals surface area contributed by atoms with Crippen LogP contribution in [0.3, 0.4) is 0 Å². The van der Waals surface area contributed by atoms with Crippen molar-refractivity contribution < 1.29 is 27.8 Å². The molecule has 5 nitrogen and oxygen atoms in total. The van der Waals surface area contributed by atoms with Gasteiger partial charge in [-0.05, 0) is 80.7 Å². The molecule has 46 heavy (non-hydrogen) atoms. The van der Waals surface area contributed by atoms with Crippen molar-refractivity contribution in [2.24, 2.45) is 0 Å². The Kier molecular flexibility index (Phi) is 11.6. The lowest BCUT2D eigenvalue weighted by Gasteiger charge is -2.44. The van der Waals surface area contributed by atoms with Gasteiger partial charge < -0.3 is 9.53 Å². The number of carboxylic acids is 1. The van der Waals surface area contributed by atoms with E-state index in [1.807, 2.05) is 86.7 Å². The molecule has 0 saturated heterocycles. The highest BCUT2D eigenvalue weighted by molar-refractivity contribution is 7.39. The van der Waals surface area contributed by atoms with Gasteiger partial charge in [0.1, 0.15) is 18.5 Å². The Labute approximate surface area is 274 Å². The average Bonchev–Trinajstić information content (AvgIpc) is 3.00. The van der Waals surface area contributed by atoms with Gasteiger partial charge >= 0.3 is 14.0 Å². The van der Waals surface area contributed by atoms with Crippen molar-refractivity contribution in [1.29, 1.82) is 0 Å². The molecule has 8 heteroatoms. The van der Waals surface area contributed by atoms with Gasteiger partial charge in [0.15, 0.2) is 0 Å². The molecule has 0 amide bonds. The van der Waals surface area contributed by atoms with Crippen molar-refractivity contribution in [2.75, 3.05) is 12.8 Å². The molecule has 4 aromatic carbocycles. The van der Waals surface area contributed by atoms with Gasteiger partial charge in [-0.2, -0.15) is 0 Å². The number of aryl methyl sites for hydroxylation is 3. The van der Waals surface area contributed by atoms with Crippen LogP contribution in [0.1, 0.15) is 49.4 Å². The quantitative estimate of drug-likeness (QED) is 0.115. The molecule has 4 aromatic rings. The van der Waals surface area contributed by atoms with Gasteiger partial charge in [0.25, 0.3) is 8.32 Å². The van der Waals surface area contributed by atoms with E-state index in [4.69, 9.17) is 8.95 Å². The minimum atomic E-state index is -3.07. The van der Waals surface area contributed by atoms with E-state index in [0.717, 1.165) is 38.2 Å². The number of aliphatic carboxylic acids is 1. The first-order chi connectivity index (χ1) is 21.8. The maximum absolute atomic E-state index is 14.0. The Morgan fingerprint density at radius 1 is 0.913 bits per heavy atom.